The summed E-state index contributed by atoms with van der Waals surface area (Å²) in [4.78, 5) is -0.994. The molecule has 0 aromatic heterocycles. The first-order chi connectivity index (χ1) is 13.1. The molecule has 2 aliphatic rings. The van der Waals surface area contributed by atoms with Crippen molar-refractivity contribution in [2.75, 3.05) is 0 Å². The van der Waals surface area contributed by atoms with Gasteiger partial charge in [-0.1, -0.05) is 11.6 Å². The van der Waals surface area contributed by atoms with Crippen molar-refractivity contribution in [1.29, 1.82) is 0 Å². The Bertz CT molecular complexity index is 976. The molecule has 0 fully saturated rings. The highest BCUT2D eigenvalue weighted by atomic mass is 35.5. The number of alkyl halides is 8. The maximum atomic E-state index is 13.1. The summed E-state index contributed by atoms with van der Waals surface area (Å²) >= 11 is 4.61. The fraction of sp³-hybridized carbons (Fsp3) is 0.250. The summed E-state index contributed by atoms with van der Waals surface area (Å²) in [5, 5.41) is -9.16. The SMILES string of the molecule is Fc1ccc2c(c1)SC(F)(F)C2(F)F.Fc1ccc2c(c1Cl)SC(F)(F)C2(F)F. The standard InChI is InChI=1S/C8H2ClF5S.C8H3F5S/c9-5-4(10)2-1-3-6(5)15-8(13,14)7(3,11)12;9-4-1-2-5-6(3-4)14-8(12,13)7(5,10)11/h1-2H;1-3H. The third-order valence-electron chi connectivity index (χ3n) is 3.87. The van der Waals surface area contributed by atoms with Gasteiger partial charge in [-0.3, -0.25) is 0 Å². The Balaban J connectivity index is 0.000000166. The van der Waals surface area contributed by atoms with E-state index in [0.717, 1.165) is 6.07 Å². The average Bonchev–Trinajstić information content (AvgIpc) is 2.87. The van der Waals surface area contributed by atoms with E-state index in [0.29, 0.717) is 24.3 Å². The summed E-state index contributed by atoms with van der Waals surface area (Å²) in [5.41, 5.74) is -1.74. The Hall–Kier alpha value is -1.27. The summed E-state index contributed by atoms with van der Waals surface area (Å²) in [5.74, 6) is -10.3. The van der Waals surface area contributed by atoms with Crippen LogP contribution in [0, 0.1) is 11.6 Å². The smallest absolute Gasteiger partial charge is 0.207 e. The van der Waals surface area contributed by atoms with Crippen molar-refractivity contribution in [2.45, 2.75) is 32.1 Å². The lowest BCUT2D eigenvalue weighted by atomic mass is 10.1. The largest absolute Gasteiger partial charge is 0.364 e. The molecule has 0 atom stereocenters. The van der Waals surface area contributed by atoms with E-state index in [-0.39, 0.29) is 11.8 Å². The topological polar surface area (TPSA) is 0 Å². The average molecular weight is 487 g/mol. The molecular weight excluding hydrogens is 482 g/mol. The molecule has 0 saturated carbocycles. The normalized spacial score (nSPS) is 21.8. The molecule has 0 bridgehead atoms. The molecule has 2 aromatic rings. The van der Waals surface area contributed by atoms with Crippen LogP contribution in [0.4, 0.5) is 43.9 Å². The van der Waals surface area contributed by atoms with Crippen LogP contribution in [0.5, 0.6) is 0 Å². The Morgan fingerprint density at radius 2 is 1.21 bits per heavy atom. The minimum atomic E-state index is -4.32. The van der Waals surface area contributed by atoms with Gasteiger partial charge < -0.3 is 0 Å². The van der Waals surface area contributed by atoms with Crippen LogP contribution in [0.25, 0.3) is 0 Å². The maximum absolute atomic E-state index is 13.1. The van der Waals surface area contributed by atoms with Crippen molar-refractivity contribution in [1.82, 2.24) is 0 Å². The quantitative estimate of drug-likeness (QED) is 0.347. The van der Waals surface area contributed by atoms with Crippen molar-refractivity contribution >= 4 is 35.1 Å². The Morgan fingerprint density at radius 3 is 1.83 bits per heavy atom. The van der Waals surface area contributed by atoms with Crippen molar-refractivity contribution in [2.24, 2.45) is 0 Å². The van der Waals surface area contributed by atoms with Crippen LogP contribution in [-0.2, 0) is 11.8 Å². The summed E-state index contributed by atoms with van der Waals surface area (Å²) in [6.45, 7) is 0. The predicted octanol–water partition coefficient (Wildman–Crippen LogP) is 7.89. The van der Waals surface area contributed by atoms with Crippen LogP contribution in [0.15, 0.2) is 40.1 Å². The van der Waals surface area contributed by atoms with E-state index in [2.05, 4.69) is 0 Å². The first-order valence-electron chi connectivity index (χ1n) is 7.29. The predicted molar refractivity (Wildman–Crippen MR) is 87.2 cm³/mol. The van der Waals surface area contributed by atoms with Gasteiger partial charge >= 0.3 is 22.4 Å². The van der Waals surface area contributed by atoms with Gasteiger partial charge in [0.1, 0.15) is 11.6 Å². The number of halogens is 11. The van der Waals surface area contributed by atoms with E-state index < -0.39 is 71.7 Å². The fourth-order valence-corrected chi connectivity index (χ4v) is 4.69. The molecule has 0 radical (unpaired) electrons. The monoisotopic (exact) mass is 486 g/mol. The molecule has 29 heavy (non-hydrogen) atoms. The molecule has 0 aliphatic carbocycles. The number of fused-ring (bicyclic) bond motifs is 2. The maximum Gasteiger partial charge on any atom is 0.364 e. The van der Waals surface area contributed by atoms with E-state index >= 15 is 0 Å². The van der Waals surface area contributed by atoms with Gasteiger partial charge in [0.2, 0.25) is 0 Å². The Morgan fingerprint density at radius 1 is 0.690 bits per heavy atom. The molecule has 4 rings (SSSR count). The van der Waals surface area contributed by atoms with E-state index in [1.807, 2.05) is 0 Å². The van der Waals surface area contributed by atoms with Crippen LogP contribution in [-0.4, -0.2) is 10.5 Å². The van der Waals surface area contributed by atoms with Gasteiger partial charge in [-0.2, -0.15) is 35.1 Å². The van der Waals surface area contributed by atoms with Crippen LogP contribution in [0.1, 0.15) is 11.1 Å². The van der Waals surface area contributed by atoms with Crippen LogP contribution >= 0.6 is 35.1 Å². The van der Waals surface area contributed by atoms with Crippen LogP contribution in [0.3, 0.4) is 0 Å². The first-order valence-corrected chi connectivity index (χ1v) is 9.30. The minimum Gasteiger partial charge on any atom is -0.207 e. The fourth-order valence-electron chi connectivity index (χ4n) is 2.43. The number of hydrogen-bond acceptors (Lipinski definition) is 2. The van der Waals surface area contributed by atoms with Gasteiger partial charge in [0.25, 0.3) is 0 Å². The highest BCUT2D eigenvalue weighted by Crippen LogP contribution is 2.62. The lowest BCUT2D eigenvalue weighted by molar-refractivity contribution is -0.154. The second-order valence-corrected chi connectivity index (χ2v) is 8.42. The highest BCUT2D eigenvalue weighted by molar-refractivity contribution is 8.01. The Labute approximate surface area is 169 Å². The van der Waals surface area contributed by atoms with Gasteiger partial charge in [0.05, 0.1) is 5.02 Å². The number of rotatable bonds is 0. The van der Waals surface area contributed by atoms with E-state index in [9.17, 15) is 43.9 Å². The van der Waals surface area contributed by atoms with Crippen molar-refractivity contribution < 1.29 is 43.9 Å². The minimum absolute atomic E-state index is 0.309. The summed E-state index contributed by atoms with van der Waals surface area (Å²) in [6.07, 6.45) is 0. The molecule has 0 saturated heterocycles. The van der Waals surface area contributed by atoms with Crippen molar-refractivity contribution in [3.63, 3.8) is 0 Å². The number of benzene rings is 2. The molecule has 0 nitrogen and oxygen atoms in total. The van der Waals surface area contributed by atoms with Crippen molar-refractivity contribution in [3.8, 4) is 0 Å². The van der Waals surface area contributed by atoms with Crippen molar-refractivity contribution in [3.05, 3.63) is 58.1 Å². The molecule has 0 spiro atoms. The number of thioether (sulfide) groups is 2. The summed E-state index contributed by atoms with van der Waals surface area (Å²) < 4.78 is 129. The van der Waals surface area contributed by atoms with E-state index in [1.165, 1.54) is 0 Å². The molecular formula is C16H5ClF10S2. The van der Waals surface area contributed by atoms with E-state index in [1.54, 1.807) is 0 Å². The third-order valence-corrected chi connectivity index (χ3v) is 6.56. The van der Waals surface area contributed by atoms with Gasteiger partial charge in [0, 0.05) is 20.9 Å². The first kappa shape index (κ1) is 22.4. The second kappa shape index (κ2) is 6.88. The highest BCUT2D eigenvalue weighted by Gasteiger charge is 2.65. The lowest BCUT2D eigenvalue weighted by Gasteiger charge is -2.17. The Kier molecular flexibility index (Phi) is 5.32. The summed E-state index contributed by atoms with van der Waals surface area (Å²) in [7, 11) is 0. The molecule has 13 heteroatoms. The van der Waals surface area contributed by atoms with Gasteiger partial charge in [-0.05, 0) is 53.9 Å². The molecule has 0 N–H and O–H groups in total. The zero-order valence-corrected chi connectivity index (χ0v) is 15.7. The van der Waals surface area contributed by atoms with Gasteiger partial charge in [-0.15, -0.1) is 0 Å². The zero-order chi connectivity index (χ0) is 22.0. The van der Waals surface area contributed by atoms with Gasteiger partial charge in [0.15, 0.2) is 0 Å². The molecule has 2 heterocycles. The van der Waals surface area contributed by atoms with Crippen LogP contribution < -0.4 is 0 Å². The number of hydrogen-bond donors (Lipinski definition) is 0. The third kappa shape index (κ3) is 3.46. The zero-order valence-electron chi connectivity index (χ0n) is 13.4. The summed E-state index contributed by atoms with van der Waals surface area (Å²) in [6, 6.07) is 3.41. The van der Waals surface area contributed by atoms with Crippen LogP contribution in [0.2, 0.25) is 5.02 Å². The van der Waals surface area contributed by atoms with Gasteiger partial charge in [-0.25, -0.2) is 8.78 Å². The molecule has 158 valence electrons. The molecule has 0 amide bonds. The van der Waals surface area contributed by atoms with E-state index in [4.69, 9.17) is 11.6 Å². The molecule has 2 aliphatic heterocycles. The lowest BCUT2D eigenvalue weighted by Crippen LogP contribution is -2.29. The molecule has 0 unspecified atom stereocenters. The molecule has 2 aromatic carbocycles. The second-order valence-electron chi connectivity index (χ2n) is 5.76.